The van der Waals surface area contributed by atoms with Gasteiger partial charge >= 0.3 is 0 Å². The summed E-state index contributed by atoms with van der Waals surface area (Å²) in [6, 6.07) is 22.2. The normalized spacial score (nSPS) is 11.9. The molecule has 0 fully saturated rings. The second-order valence-electron chi connectivity index (χ2n) is 5.97. The molecule has 3 aromatic carbocycles. The Morgan fingerprint density at radius 1 is 1.04 bits per heavy atom. The highest BCUT2D eigenvalue weighted by atomic mass is 32.2. The fourth-order valence-electron chi connectivity index (χ4n) is 3.13. The Hall–Kier alpha value is -2.46. The molecule has 26 heavy (non-hydrogen) atoms. The molecule has 0 aliphatic heterocycles. The minimum atomic E-state index is -0.121. The number of fused-ring (bicyclic) bond motifs is 1. The summed E-state index contributed by atoms with van der Waals surface area (Å²) in [4.78, 5) is 12.4. The largest absolute Gasteiger partial charge is 0.495 e. The predicted molar refractivity (Wildman–Crippen MR) is 111 cm³/mol. The van der Waals surface area contributed by atoms with E-state index < -0.39 is 0 Å². The number of rotatable bonds is 7. The Labute approximate surface area is 158 Å². The SMILES string of the molecule is CCSC(=O)C[C@H](Nc1ccccc1OC)c1cccc2ccccc12. The summed E-state index contributed by atoms with van der Waals surface area (Å²) < 4.78 is 5.47. The molecule has 0 radical (unpaired) electrons. The smallest absolute Gasteiger partial charge is 0.191 e. The van der Waals surface area contributed by atoms with Crippen molar-refractivity contribution >= 4 is 33.3 Å². The number of ether oxygens (including phenoxy) is 1. The van der Waals surface area contributed by atoms with Crippen molar-refractivity contribution in [1.29, 1.82) is 0 Å². The van der Waals surface area contributed by atoms with Crippen LogP contribution in [0, 0.1) is 0 Å². The fourth-order valence-corrected chi connectivity index (χ4v) is 3.74. The van der Waals surface area contributed by atoms with Gasteiger partial charge in [0.25, 0.3) is 0 Å². The molecule has 0 saturated heterocycles. The maximum absolute atomic E-state index is 12.4. The molecule has 134 valence electrons. The Morgan fingerprint density at radius 3 is 2.58 bits per heavy atom. The average molecular weight is 365 g/mol. The molecule has 0 amide bonds. The molecule has 0 aromatic heterocycles. The Morgan fingerprint density at radius 2 is 1.77 bits per heavy atom. The zero-order valence-electron chi connectivity index (χ0n) is 15.1. The van der Waals surface area contributed by atoms with Crippen molar-refractivity contribution in [1.82, 2.24) is 0 Å². The molecular weight excluding hydrogens is 342 g/mol. The van der Waals surface area contributed by atoms with E-state index in [9.17, 15) is 4.79 Å². The van der Waals surface area contributed by atoms with Gasteiger partial charge in [-0.05, 0) is 34.2 Å². The van der Waals surface area contributed by atoms with Gasteiger partial charge in [0, 0.05) is 6.42 Å². The minimum Gasteiger partial charge on any atom is -0.495 e. The molecule has 4 heteroatoms. The summed E-state index contributed by atoms with van der Waals surface area (Å²) in [6.07, 6.45) is 0.421. The van der Waals surface area contributed by atoms with Gasteiger partial charge < -0.3 is 10.1 Å². The van der Waals surface area contributed by atoms with E-state index in [2.05, 4.69) is 29.6 Å². The number of nitrogens with one attached hydrogen (secondary N) is 1. The van der Waals surface area contributed by atoms with Crippen molar-refractivity contribution in [2.24, 2.45) is 0 Å². The molecule has 0 saturated carbocycles. The summed E-state index contributed by atoms with van der Waals surface area (Å²) in [7, 11) is 1.66. The molecule has 1 atom stereocenters. The molecule has 0 aliphatic carbocycles. The van der Waals surface area contributed by atoms with Crippen LogP contribution in [0.2, 0.25) is 0 Å². The second kappa shape index (κ2) is 8.77. The quantitative estimate of drug-likeness (QED) is 0.585. The summed E-state index contributed by atoms with van der Waals surface area (Å²) in [5.74, 6) is 1.56. The summed E-state index contributed by atoms with van der Waals surface area (Å²) in [5.41, 5.74) is 2.02. The van der Waals surface area contributed by atoms with E-state index in [1.54, 1.807) is 7.11 Å². The van der Waals surface area contributed by atoms with Crippen molar-refractivity contribution in [3.8, 4) is 5.75 Å². The van der Waals surface area contributed by atoms with Gasteiger partial charge in [0.15, 0.2) is 5.12 Å². The number of benzene rings is 3. The first kappa shape index (κ1) is 18.3. The molecule has 1 N–H and O–H groups in total. The minimum absolute atomic E-state index is 0.121. The van der Waals surface area contributed by atoms with Crippen LogP contribution in [0.25, 0.3) is 10.8 Å². The van der Waals surface area contributed by atoms with Crippen LogP contribution >= 0.6 is 11.8 Å². The summed E-state index contributed by atoms with van der Waals surface area (Å²) >= 11 is 1.37. The molecule has 0 bridgehead atoms. The number of carbonyl (C=O) groups is 1. The van der Waals surface area contributed by atoms with Crippen LogP contribution in [0.1, 0.15) is 24.9 Å². The average Bonchev–Trinajstić information content (AvgIpc) is 2.67. The molecule has 3 rings (SSSR count). The fraction of sp³-hybridized carbons (Fsp3) is 0.227. The van der Waals surface area contributed by atoms with Gasteiger partial charge in [-0.15, -0.1) is 0 Å². The van der Waals surface area contributed by atoms with Crippen LogP contribution < -0.4 is 10.1 Å². The zero-order valence-corrected chi connectivity index (χ0v) is 15.9. The number of carbonyl (C=O) groups excluding carboxylic acids is 1. The first-order chi connectivity index (χ1) is 12.7. The lowest BCUT2D eigenvalue weighted by Gasteiger charge is -2.22. The second-order valence-corrected chi connectivity index (χ2v) is 7.30. The first-order valence-corrected chi connectivity index (χ1v) is 9.74. The number of hydrogen-bond donors (Lipinski definition) is 1. The standard InChI is InChI=1S/C22H23NO2S/c1-3-26-22(24)15-20(23-19-13-6-7-14-21(19)25-2)18-12-8-10-16-9-4-5-11-17(16)18/h4-14,20,23H,3,15H2,1-2H3/t20-/m0/s1. The van der Waals surface area contributed by atoms with Crippen molar-refractivity contribution in [3.63, 3.8) is 0 Å². The third-order valence-electron chi connectivity index (χ3n) is 4.31. The van der Waals surface area contributed by atoms with Crippen molar-refractivity contribution < 1.29 is 9.53 Å². The topological polar surface area (TPSA) is 38.3 Å². The highest BCUT2D eigenvalue weighted by Crippen LogP contribution is 2.33. The maximum Gasteiger partial charge on any atom is 0.191 e. The monoisotopic (exact) mass is 365 g/mol. The van der Waals surface area contributed by atoms with Crippen LogP contribution in [-0.2, 0) is 4.79 Å². The Balaban J connectivity index is 2.01. The Kier molecular flexibility index (Phi) is 6.18. The van der Waals surface area contributed by atoms with Gasteiger partial charge in [0.05, 0.1) is 18.8 Å². The van der Waals surface area contributed by atoms with Crippen LogP contribution in [0.5, 0.6) is 5.75 Å². The molecule has 0 aliphatic rings. The van der Waals surface area contributed by atoms with E-state index in [0.29, 0.717) is 6.42 Å². The van der Waals surface area contributed by atoms with Crippen molar-refractivity contribution in [2.75, 3.05) is 18.2 Å². The third-order valence-corrected chi connectivity index (χ3v) is 5.09. The van der Waals surface area contributed by atoms with Gasteiger partial charge in [-0.2, -0.15) is 0 Å². The van der Waals surface area contributed by atoms with E-state index in [-0.39, 0.29) is 11.2 Å². The molecule has 0 heterocycles. The molecule has 3 aromatic rings. The Bertz CT molecular complexity index is 889. The first-order valence-electron chi connectivity index (χ1n) is 8.75. The van der Waals surface area contributed by atoms with Crippen LogP contribution in [0.4, 0.5) is 5.69 Å². The van der Waals surface area contributed by atoms with Crippen LogP contribution in [-0.4, -0.2) is 18.0 Å². The highest BCUT2D eigenvalue weighted by molar-refractivity contribution is 8.13. The van der Waals surface area contributed by atoms with E-state index >= 15 is 0 Å². The van der Waals surface area contributed by atoms with E-state index in [1.165, 1.54) is 17.1 Å². The van der Waals surface area contributed by atoms with Crippen LogP contribution in [0.3, 0.4) is 0 Å². The lowest BCUT2D eigenvalue weighted by molar-refractivity contribution is -0.111. The molecule has 0 spiro atoms. The van der Waals surface area contributed by atoms with E-state index in [4.69, 9.17) is 4.74 Å². The lowest BCUT2D eigenvalue weighted by Crippen LogP contribution is -2.15. The number of methoxy groups -OCH3 is 1. The molecule has 0 unspecified atom stereocenters. The number of hydrogen-bond acceptors (Lipinski definition) is 4. The molecular formula is C22H23NO2S. The zero-order chi connectivity index (χ0) is 18.4. The number of para-hydroxylation sites is 2. The number of thioether (sulfide) groups is 1. The molecule has 3 nitrogen and oxygen atoms in total. The third kappa shape index (κ3) is 4.20. The van der Waals surface area contributed by atoms with Crippen LogP contribution in [0.15, 0.2) is 66.7 Å². The van der Waals surface area contributed by atoms with Gasteiger partial charge in [-0.1, -0.05) is 73.3 Å². The van der Waals surface area contributed by atoms with Crippen molar-refractivity contribution in [3.05, 3.63) is 72.3 Å². The maximum atomic E-state index is 12.4. The summed E-state index contributed by atoms with van der Waals surface area (Å²) in [6.45, 7) is 2.00. The number of anilines is 1. The predicted octanol–water partition coefficient (Wildman–Crippen LogP) is 5.67. The summed E-state index contributed by atoms with van der Waals surface area (Å²) in [5, 5.41) is 6.06. The van der Waals surface area contributed by atoms with Gasteiger partial charge in [-0.25, -0.2) is 0 Å². The van der Waals surface area contributed by atoms with Crippen molar-refractivity contribution in [2.45, 2.75) is 19.4 Å². The van der Waals surface area contributed by atoms with E-state index in [1.807, 2.05) is 49.4 Å². The van der Waals surface area contributed by atoms with Gasteiger partial charge in [0.1, 0.15) is 5.75 Å². The van der Waals surface area contributed by atoms with Gasteiger partial charge in [0.2, 0.25) is 0 Å². The van der Waals surface area contributed by atoms with Gasteiger partial charge in [-0.3, -0.25) is 4.79 Å². The highest BCUT2D eigenvalue weighted by Gasteiger charge is 2.19. The van der Waals surface area contributed by atoms with E-state index in [0.717, 1.165) is 28.1 Å². The lowest BCUT2D eigenvalue weighted by atomic mass is 9.96.